The molecule has 2 amide bonds. The Bertz CT molecular complexity index is 535. The molecule has 2 aliphatic rings. The van der Waals surface area contributed by atoms with Crippen LogP contribution in [-0.4, -0.2) is 36.3 Å². The molecule has 2 heterocycles. The minimum atomic E-state index is -0.166. The van der Waals surface area contributed by atoms with Gasteiger partial charge in [0.2, 0.25) is 11.8 Å². The van der Waals surface area contributed by atoms with E-state index in [1.165, 1.54) is 0 Å². The average molecular weight is 272 g/mol. The van der Waals surface area contributed by atoms with Crippen molar-refractivity contribution in [2.24, 2.45) is 5.92 Å². The number of hydrogen-bond acceptors (Lipinski definition) is 2. The quantitative estimate of drug-likeness (QED) is 0.826. The van der Waals surface area contributed by atoms with Crippen molar-refractivity contribution in [1.82, 2.24) is 4.90 Å². The Morgan fingerprint density at radius 3 is 2.60 bits per heavy atom. The molecule has 0 spiro atoms. The number of likely N-dealkylation sites (tertiary alicyclic amines) is 1. The van der Waals surface area contributed by atoms with Crippen LogP contribution >= 0.6 is 0 Å². The Morgan fingerprint density at radius 1 is 1.20 bits per heavy atom. The van der Waals surface area contributed by atoms with Crippen molar-refractivity contribution in [2.45, 2.75) is 26.2 Å². The molecule has 0 N–H and O–H groups in total. The summed E-state index contributed by atoms with van der Waals surface area (Å²) in [6, 6.07) is 7.85. The van der Waals surface area contributed by atoms with Crippen molar-refractivity contribution in [3.05, 3.63) is 29.8 Å². The van der Waals surface area contributed by atoms with E-state index in [1.807, 2.05) is 36.1 Å². The van der Waals surface area contributed by atoms with Crippen LogP contribution in [0.1, 0.15) is 24.8 Å². The molecule has 20 heavy (non-hydrogen) atoms. The predicted molar refractivity (Wildman–Crippen MR) is 77.5 cm³/mol. The highest BCUT2D eigenvalue weighted by atomic mass is 16.2. The van der Waals surface area contributed by atoms with E-state index < -0.39 is 0 Å². The fraction of sp³-hybridized carbons (Fsp3) is 0.500. The molecule has 0 radical (unpaired) electrons. The van der Waals surface area contributed by atoms with Crippen molar-refractivity contribution >= 4 is 17.5 Å². The number of rotatable bonds is 2. The first-order valence-corrected chi connectivity index (χ1v) is 7.31. The standard InChI is InChI=1S/C16H20N2O2/c1-12-6-2-3-7-14(12)18-11-13(10-15(18)19)16(20)17-8-4-5-9-17/h2-3,6-7,13H,4-5,8-11H2,1H3/t13-/m1/s1. The van der Waals surface area contributed by atoms with Crippen LogP contribution in [0.25, 0.3) is 0 Å². The van der Waals surface area contributed by atoms with Crippen molar-refractivity contribution in [2.75, 3.05) is 24.5 Å². The maximum atomic E-state index is 12.4. The zero-order chi connectivity index (χ0) is 14.1. The summed E-state index contributed by atoms with van der Waals surface area (Å²) in [7, 11) is 0. The molecule has 1 atom stereocenters. The lowest BCUT2D eigenvalue weighted by Gasteiger charge is -2.21. The van der Waals surface area contributed by atoms with Gasteiger partial charge in [0, 0.05) is 31.7 Å². The van der Waals surface area contributed by atoms with Crippen LogP contribution in [0, 0.1) is 12.8 Å². The fourth-order valence-corrected chi connectivity index (χ4v) is 3.17. The molecular weight excluding hydrogens is 252 g/mol. The van der Waals surface area contributed by atoms with E-state index >= 15 is 0 Å². The van der Waals surface area contributed by atoms with E-state index in [2.05, 4.69) is 0 Å². The van der Waals surface area contributed by atoms with Crippen LogP contribution in [0.4, 0.5) is 5.69 Å². The van der Waals surface area contributed by atoms with E-state index in [0.29, 0.717) is 13.0 Å². The fourth-order valence-electron chi connectivity index (χ4n) is 3.17. The van der Waals surface area contributed by atoms with Gasteiger partial charge >= 0.3 is 0 Å². The van der Waals surface area contributed by atoms with Gasteiger partial charge in [0.05, 0.1) is 5.92 Å². The molecule has 0 saturated carbocycles. The summed E-state index contributed by atoms with van der Waals surface area (Å²) in [4.78, 5) is 28.3. The Kier molecular flexibility index (Phi) is 3.47. The van der Waals surface area contributed by atoms with Crippen LogP contribution in [0.3, 0.4) is 0 Å². The van der Waals surface area contributed by atoms with Gasteiger partial charge in [0.1, 0.15) is 0 Å². The van der Waals surface area contributed by atoms with Crippen molar-refractivity contribution < 1.29 is 9.59 Å². The summed E-state index contributed by atoms with van der Waals surface area (Å²) >= 11 is 0. The number of nitrogens with zero attached hydrogens (tertiary/aromatic N) is 2. The third-order valence-electron chi connectivity index (χ3n) is 4.30. The summed E-state index contributed by atoms with van der Waals surface area (Å²) in [5, 5.41) is 0. The number of anilines is 1. The summed E-state index contributed by atoms with van der Waals surface area (Å²) in [5.74, 6) is 0.0592. The van der Waals surface area contributed by atoms with Gasteiger partial charge in [-0.25, -0.2) is 0 Å². The maximum Gasteiger partial charge on any atom is 0.228 e. The minimum absolute atomic E-state index is 0.0665. The van der Waals surface area contributed by atoms with Crippen LogP contribution < -0.4 is 4.90 Å². The summed E-state index contributed by atoms with van der Waals surface area (Å²) < 4.78 is 0. The minimum Gasteiger partial charge on any atom is -0.342 e. The molecule has 2 aliphatic heterocycles. The molecule has 0 aliphatic carbocycles. The zero-order valence-electron chi connectivity index (χ0n) is 11.8. The summed E-state index contributed by atoms with van der Waals surface area (Å²) in [5.41, 5.74) is 2.02. The summed E-state index contributed by atoms with van der Waals surface area (Å²) in [6.07, 6.45) is 2.53. The van der Waals surface area contributed by atoms with E-state index in [-0.39, 0.29) is 17.7 Å². The number of para-hydroxylation sites is 1. The Balaban J connectivity index is 1.75. The van der Waals surface area contributed by atoms with Gasteiger partial charge in [-0.2, -0.15) is 0 Å². The summed E-state index contributed by atoms with van der Waals surface area (Å²) in [6.45, 7) is 4.24. The van der Waals surface area contributed by atoms with E-state index in [0.717, 1.165) is 37.2 Å². The van der Waals surface area contributed by atoms with Crippen molar-refractivity contribution in [3.8, 4) is 0 Å². The molecule has 0 bridgehead atoms. The largest absolute Gasteiger partial charge is 0.342 e. The SMILES string of the molecule is Cc1ccccc1N1C[C@H](C(=O)N2CCCC2)CC1=O. The van der Waals surface area contributed by atoms with E-state index in [1.54, 1.807) is 4.90 Å². The van der Waals surface area contributed by atoms with Crippen LogP contribution in [-0.2, 0) is 9.59 Å². The lowest BCUT2D eigenvalue weighted by Crippen LogP contribution is -2.35. The first-order valence-electron chi connectivity index (χ1n) is 7.31. The molecule has 0 aromatic heterocycles. The highest BCUT2D eigenvalue weighted by molar-refractivity contribution is 6.00. The van der Waals surface area contributed by atoms with Crippen LogP contribution in [0.15, 0.2) is 24.3 Å². The van der Waals surface area contributed by atoms with Gasteiger partial charge < -0.3 is 9.80 Å². The third kappa shape index (κ3) is 2.30. The molecule has 3 rings (SSSR count). The van der Waals surface area contributed by atoms with Crippen LogP contribution in [0.5, 0.6) is 0 Å². The van der Waals surface area contributed by atoms with Crippen molar-refractivity contribution in [1.29, 1.82) is 0 Å². The smallest absolute Gasteiger partial charge is 0.228 e. The van der Waals surface area contributed by atoms with Gasteiger partial charge in [0.25, 0.3) is 0 Å². The van der Waals surface area contributed by atoms with Crippen LogP contribution in [0.2, 0.25) is 0 Å². The molecule has 106 valence electrons. The first kappa shape index (κ1) is 13.2. The second-order valence-corrected chi connectivity index (χ2v) is 5.72. The third-order valence-corrected chi connectivity index (χ3v) is 4.30. The number of carbonyl (C=O) groups is 2. The molecular formula is C16H20N2O2. The second kappa shape index (κ2) is 5.27. The Morgan fingerprint density at radius 2 is 1.90 bits per heavy atom. The van der Waals surface area contributed by atoms with Gasteiger partial charge in [0.15, 0.2) is 0 Å². The Labute approximate surface area is 119 Å². The number of carbonyl (C=O) groups excluding carboxylic acids is 2. The monoisotopic (exact) mass is 272 g/mol. The highest BCUT2D eigenvalue weighted by Crippen LogP contribution is 2.29. The number of benzene rings is 1. The lowest BCUT2D eigenvalue weighted by atomic mass is 10.1. The predicted octanol–water partition coefficient (Wildman–Crippen LogP) is 1.97. The van der Waals surface area contributed by atoms with E-state index in [4.69, 9.17) is 0 Å². The topological polar surface area (TPSA) is 40.6 Å². The van der Waals surface area contributed by atoms with Gasteiger partial charge in [-0.3, -0.25) is 9.59 Å². The molecule has 2 saturated heterocycles. The van der Waals surface area contributed by atoms with Gasteiger partial charge in [-0.1, -0.05) is 18.2 Å². The van der Waals surface area contributed by atoms with Gasteiger partial charge in [-0.15, -0.1) is 0 Å². The Hall–Kier alpha value is -1.84. The lowest BCUT2D eigenvalue weighted by molar-refractivity contribution is -0.134. The second-order valence-electron chi connectivity index (χ2n) is 5.72. The molecule has 2 fully saturated rings. The van der Waals surface area contributed by atoms with Crippen molar-refractivity contribution in [3.63, 3.8) is 0 Å². The molecule has 0 unspecified atom stereocenters. The number of hydrogen-bond donors (Lipinski definition) is 0. The molecule has 1 aromatic rings. The van der Waals surface area contributed by atoms with Gasteiger partial charge in [-0.05, 0) is 31.4 Å². The van der Waals surface area contributed by atoms with E-state index in [9.17, 15) is 9.59 Å². The maximum absolute atomic E-state index is 12.4. The number of aryl methyl sites for hydroxylation is 1. The molecule has 4 heteroatoms. The normalized spacial score (nSPS) is 22.6. The highest BCUT2D eigenvalue weighted by Gasteiger charge is 2.38. The number of amides is 2. The molecule has 1 aromatic carbocycles. The zero-order valence-corrected chi connectivity index (χ0v) is 11.8. The average Bonchev–Trinajstić information content (AvgIpc) is 3.08. The first-order chi connectivity index (χ1) is 9.66. The molecule has 4 nitrogen and oxygen atoms in total.